The van der Waals surface area contributed by atoms with Gasteiger partial charge in [0, 0.05) is 26.6 Å². The van der Waals surface area contributed by atoms with Crippen LogP contribution in [0.3, 0.4) is 0 Å². The van der Waals surface area contributed by atoms with Crippen molar-refractivity contribution in [3.63, 3.8) is 0 Å². The van der Waals surface area contributed by atoms with E-state index in [4.69, 9.17) is 4.74 Å². The minimum atomic E-state index is -1.07. The molecule has 0 radical (unpaired) electrons. The number of methoxy groups -OCH3 is 2. The molecule has 1 fully saturated rings. The summed E-state index contributed by atoms with van der Waals surface area (Å²) in [6, 6.07) is -1.41. The lowest BCUT2D eigenvalue weighted by atomic mass is 10.2. The van der Waals surface area contributed by atoms with Crippen LogP contribution in [0.4, 0.5) is 4.79 Å². The summed E-state index contributed by atoms with van der Waals surface area (Å²) in [7, 11) is 2.73. The number of amides is 2. The summed E-state index contributed by atoms with van der Waals surface area (Å²) in [5, 5.41) is 9.23. The first-order valence-corrected chi connectivity index (χ1v) is 6.82. The van der Waals surface area contributed by atoms with E-state index in [1.165, 1.54) is 24.0 Å². The zero-order chi connectivity index (χ0) is 16.0. The molecule has 1 saturated heterocycles. The van der Waals surface area contributed by atoms with E-state index < -0.39 is 24.0 Å². The number of rotatable bonds is 6. The second kappa shape index (κ2) is 7.82. The molecule has 2 amide bonds. The Hall–Kier alpha value is -1.83. The van der Waals surface area contributed by atoms with Gasteiger partial charge in [0.2, 0.25) is 0 Å². The van der Waals surface area contributed by atoms with Crippen LogP contribution < -0.4 is 0 Å². The summed E-state index contributed by atoms with van der Waals surface area (Å²) < 4.78 is 9.71. The van der Waals surface area contributed by atoms with Crippen molar-refractivity contribution < 1.29 is 29.0 Å². The van der Waals surface area contributed by atoms with E-state index in [0.29, 0.717) is 13.0 Å². The van der Waals surface area contributed by atoms with Gasteiger partial charge in [-0.1, -0.05) is 6.92 Å². The number of carboxylic acids is 1. The van der Waals surface area contributed by atoms with Crippen molar-refractivity contribution in [2.24, 2.45) is 0 Å². The molecule has 0 aromatic carbocycles. The highest BCUT2D eigenvalue weighted by atomic mass is 16.5. The molecular weight excluding hydrogens is 280 g/mol. The molecule has 8 nitrogen and oxygen atoms in total. The van der Waals surface area contributed by atoms with Gasteiger partial charge in [-0.2, -0.15) is 0 Å². The normalized spacial score (nSPS) is 21.2. The largest absolute Gasteiger partial charge is 0.480 e. The lowest BCUT2D eigenvalue weighted by molar-refractivity contribution is -0.141. The lowest BCUT2D eigenvalue weighted by Gasteiger charge is -2.29. The molecule has 1 N–H and O–H groups in total. The second-order valence-electron chi connectivity index (χ2n) is 4.88. The Morgan fingerprint density at radius 2 is 2.00 bits per heavy atom. The monoisotopic (exact) mass is 302 g/mol. The first kappa shape index (κ1) is 17.2. The van der Waals surface area contributed by atoms with E-state index in [2.05, 4.69) is 4.74 Å². The van der Waals surface area contributed by atoms with Crippen LogP contribution in [0, 0.1) is 0 Å². The number of urea groups is 1. The summed E-state index contributed by atoms with van der Waals surface area (Å²) in [5.41, 5.74) is 0. The van der Waals surface area contributed by atoms with Gasteiger partial charge >= 0.3 is 18.0 Å². The molecule has 1 aliphatic rings. The second-order valence-corrected chi connectivity index (χ2v) is 4.88. The maximum atomic E-state index is 12.5. The van der Waals surface area contributed by atoms with Crippen molar-refractivity contribution >= 4 is 18.0 Å². The molecule has 0 aromatic rings. The highest BCUT2D eigenvalue weighted by molar-refractivity contribution is 5.86. The molecule has 0 bridgehead atoms. The van der Waals surface area contributed by atoms with Gasteiger partial charge in [-0.25, -0.2) is 9.59 Å². The first-order chi connectivity index (χ1) is 9.94. The fourth-order valence-corrected chi connectivity index (χ4v) is 2.33. The van der Waals surface area contributed by atoms with Crippen molar-refractivity contribution in [3.8, 4) is 0 Å². The Bertz CT molecular complexity index is 400. The van der Waals surface area contributed by atoms with Crippen molar-refractivity contribution in [2.45, 2.75) is 31.9 Å². The minimum absolute atomic E-state index is 0.191. The van der Waals surface area contributed by atoms with Crippen molar-refractivity contribution in [1.82, 2.24) is 9.80 Å². The quantitative estimate of drug-likeness (QED) is 0.702. The molecule has 2 atom stereocenters. The predicted octanol–water partition coefficient (Wildman–Crippen LogP) is 0.165. The number of hydrogen-bond acceptors (Lipinski definition) is 5. The molecular formula is C13H22N2O6. The fourth-order valence-electron chi connectivity index (χ4n) is 2.33. The van der Waals surface area contributed by atoms with Crippen LogP contribution in [0.1, 0.15) is 19.8 Å². The Labute approximate surface area is 123 Å². The Balaban J connectivity index is 2.85. The Morgan fingerprint density at radius 1 is 1.33 bits per heavy atom. The Morgan fingerprint density at radius 3 is 2.48 bits per heavy atom. The van der Waals surface area contributed by atoms with E-state index in [1.54, 1.807) is 0 Å². The van der Waals surface area contributed by atoms with E-state index in [0.717, 1.165) is 0 Å². The highest BCUT2D eigenvalue weighted by Crippen LogP contribution is 2.22. The average Bonchev–Trinajstić information content (AvgIpc) is 2.90. The average molecular weight is 302 g/mol. The molecule has 1 aliphatic heterocycles. The van der Waals surface area contributed by atoms with Crippen molar-refractivity contribution in [1.29, 1.82) is 0 Å². The number of carboxylic acid groups (broad SMARTS) is 1. The predicted molar refractivity (Wildman–Crippen MR) is 72.8 cm³/mol. The Kier molecular flexibility index (Phi) is 6.41. The third-order valence-corrected chi connectivity index (χ3v) is 3.44. The number of carbonyl (C=O) groups is 3. The van der Waals surface area contributed by atoms with Gasteiger partial charge in [0.05, 0.1) is 13.2 Å². The fraction of sp³-hybridized carbons (Fsp3) is 0.769. The van der Waals surface area contributed by atoms with Crippen LogP contribution in [-0.4, -0.2) is 78.9 Å². The maximum Gasteiger partial charge on any atom is 0.326 e. The van der Waals surface area contributed by atoms with E-state index in [-0.39, 0.29) is 25.6 Å². The van der Waals surface area contributed by atoms with Crippen LogP contribution in [0.15, 0.2) is 0 Å². The highest BCUT2D eigenvalue weighted by Gasteiger charge is 2.41. The lowest BCUT2D eigenvalue weighted by Crippen LogP contribution is -2.50. The zero-order valence-electron chi connectivity index (χ0n) is 12.6. The topological polar surface area (TPSA) is 96.4 Å². The maximum absolute atomic E-state index is 12.5. The smallest absolute Gasteiger partial charge is 0.326 e. The molecule has 0 aromatic heterocycles. The number of esters is 1. The molecule has 1 rings (SSSR count). The number of nitrogens with zero attached hydrogens (tertiary/aromatic N) is 2. The van der Waals surface area contributed by atoms with E-state index in [1.807, 2.05) is 6.92 Å². The summed E-state index contributed by atoms with van der Waals surface area (Å²) in [6.45, 7) is 2.24. The number of ether oxygens (including phenoxy) is 2. The SMILES string of the molecule is CCCN(CC(=O)OC)C(=O)N1CC(OC)CC1C(=O)O. The van der Waals surface area contributed by atoms with Crippen molar-refractivity contribution in [3.05, 3.63) is 0 Å². The van der Waals surface area contributed by atoms with Crippen LogP contribution in [0.2, 0.25) is 0 Å². The molecule has 1 heterocycles. The van der Waals surface area contributed by atoms with Crippen LogP contribution >= 0.6 is 0 Å². The molecule has 2 unspecified atom stereocenters. The van der Waals surface area contributed by atoms with Crippen LogP contribution in [-0.2, 0) is 19.1 Å². The van der Waals surface area contributed by atoms with Crippen LogP contribution in [0.5, 0.6) is 0 Å². The van der Waals surface area contributed by atoms with Gasteiger partial charge in [-0.15, -0.1) is 0 Å². The number of carbonyl (C=O) groups excluding carboxylic acids is 2. The summed E-state index contributed by atoms with van der Waals surface area (Å²) in [6.07, 6.45) is 0.592. The van der Waals surface area contributed by atoms with Crippen LogP contribution in [0.25, 0.3) is 0 Å². The number of hydrogen-bond donors (Lipinski definition) is 1. The molecule has 0 saturated carbocycles. The van der Waals surface area contributed by atoms with E-state index >= 15 is 0 Å². The van der Waals surface area contributed by atoms with E-state index in [9.17, 15) is 19.5 Å². The third-order valence-electron chi connectivity index (χ3n) is 3.44. The summed E-state index contributed by atoms with van der Waals surface area (Å²) in [4.78, 5) is 37.7. The molecule has 120 valence electrons. The summed E-state index contributed by atoms with van der Waals surface area (Å²) in [5.74, 6) is -1.61. The molecule has 0 aliphatic carbocycles. The summed E-state index contributed by atoms with van der Waals surface area (Å²) >= 11 is 0. The van der Waals surface area contributed by atoms with Gasteiger partial charge < -0.3 is 24.4 Å². The van der Waals surface area contributed by atoms with Gasteiger partial charge in [0.1, 0.15) is 12.6 Å². The zero-order valence-corrected chi connectivity index (χ0v) is 12.6. The van der Waals surface area contributed by atoms with Crippen molar-refractivity contribution in [2.75, 3.05) is 33.9 Å². The first-order valence-electron chi connectivity index (χ1n) is 6.82. The van der Waals surface area contributed by atoms with Gasteiger partial charge in [-0.3, -0.25) is 4.79 Å². The standard InChI is InChI=1S/C13H22N2O6/c1-4-5-14(8-11(16)21-3)13(19)15-7-9(20-2)6-10(15)12(17)18/h9-10H,4-8H2,1-3H3,(H,17,18). The molecule has 8 heteroatoms. The number of aliphatic carboxylic acids is 1. The minimum Gasteiger partial charge on any atom is -0.480 e. The molecule has 0 spiro atoms. The number of likely N-dealkylation sites (tertiary alicyclic amines) is 1. The third kappa shape index (κ3) is 4.32. The van der Waals surface area contributed by atoms with Gasteiger partial charge in [0.15, 0.2) is 0 Å². The molecule has 21 heavy (non-hydrogen) atoms. The van der Waals surface area contributed by atoms with Gasteiger partial charge in [-0.05, 0) is 6.42 Å². The van der Waals surface area contributed by atoms with Gasteiger partial charge in [0.25, 0.3) is 0 Å².